The summed E-state index contributed by atoms with van der Waals surface area (Å²) in [5.74, 6) is -0.431. The second-order valence-corrected chi connectivity index (χ2v) is 5.77. The molecule has 1 aliphatic rings. The van der Waals surface area contributed by atoms with Crippen LogP contribution in [-0.4, -0.2) is 48.1 Å². The number of hydrogen-bond acceptors (Lipinski definition) is 4. The first-order valence-electron chi connectivity index (χ1n) is 8.02. The van der Waals surface area contributed by atoms with Gasteiger partial charge >= 0.3 is 5.97 Å². The monoisotopic (exact) mass is 320 g/mol. The lowest BCUT2D eigenvalue weighted by Gasteiger charge is -2.29. The van der Waals surface area contributed by atoms with Crippen LogP contribution in [0.5, 0.6) is 5.75 Å². The Morgan fingerprint density at radius 3 is 3.00 bits per heavy atom. The number of ether oxygens (including phenoxy) is 1. The summed E-state index contributed by atoms with van der Waals surface area (Å²) in [6.45, 7) is 4.44. The molecule has 1 fully saturated rings. The van der Waals surface area contributed by atoms with Crippen LogP contribution in [0.1, 0.15) is 25.3 Å². The first-order valence-corrected chi connectivity index (χ1v) is 8.02. The molecule has 2 rings (SSSR count). The zero-order valence-corrected chi connectivity index (χ0v) is 13.5. The number of carbonyl (C=O) groups is 2. The second-order valence-electron chi connectivity index (χ2n) is 5.77. The number of rotatable bonds is 7. The van der Waals surface area contributed by atoms with Crippen molar-refractivity contribution in [2.45, 2.75) is 26.3 Å². The highest BCUT2D eigenvalue weighted by molar-refractivity contribution is 5.78. The fraction of sp³-hybridized carbons (Fsp3) is 0.529. The Kier molecular flexibility index (Phi) is 6.40. The number of nitrogens with zero attached hydrogens (tertiary/aromatic N) is 1. The molecule has 1 aliphatic heterocycles. The van der Waals surface area contributed by atoms with Gasteiger partial charge in [-0.1, -0.05) is 12.1 Å². The lowest BCUT2D eigenvalue weighted by Crippen LogP contribution is -2.44. The highest BCUT2D eigenvalue weighted by atomic mass is 16.5. The third kappa shape index (κ3) is 5.56. The standard InChI is InChI=1S/C17H24N2O4/c1-2-23-15-7-3-5-13(9-15)10-18-16(20)12-19-8-4-6-14(11-19)17(21)22/h3,5,7,9,14H,2,4,6,8,10-12H2,1H3,(H,18,20)(H,21,22). The Hall–Kier alpha value is -2.08. The molecule has 0 spiro atoms. The molecule has 126 valence electrons. The van der Waals surface area contributed by atoms with Gasteiger partial charge in [0.05, 0.1) is 19.1 Å². The largest absolute Gasteiger partial charge is 0.494 e. The summed E-state index contributed by atoms with van der Waals surface area (Å²) in [5, 5.41) is 11.9. The van der Waals surface area contributed by atoms with Crippen LogP contribution in [0.4, 0.5) is 0 Å². The topological polar surface area (TPSA) is 78.9 Å². The Labute approximate surface area is 136 Å². The maximum Gasteiger partial charge on any atom is 0.307 e. The van der Waals surface area contributed by atoms with Crippen LogP contribution in [0.15, 0.2) is 24.3 Å². The molecule has 0 aromatic heterocycles. The number of nitrogens with one attached hydrogen (secondary N) is 1. The SMILES string of the molecule is CCOc1cccc(CNC(=O)CN2CCCC(C(=O)O)C2)c1. The number of carbonyl (C=O) groups excluding carboxylic acids is 1. The predicted octanol–water partition coefficient (Wildman–Crippen LogP) is 1.50. The van der Waals surface area contributed by atoms with Gasteiger partial charge in [0.15, 0.2) is 0 Å². The summed E-state index contributed by atoms with van der Waals surface area (Å²) < 4.78 is 5.43. The fourth-order valence-corrected chi connectivity index (χ4v) is 2.77. The zero-order chi connectivity index (χ0) is 16.7. The van der Waals surface area contributed by atoms with Gasteiger partial charge in [0.2, 0.25) is 5.91 Å². The summed E-state index contributed by atoms with van der Waals surface area (Å²) in [6.07, 6.45) is 1.51. The van der Waals surface area contributed by atoms with Gasteiger partial charge in [0.1, 0.15) is 5.75 Å². The summed E-state index contributed by atoms with van der Waals surface area (Å²) in [4.78, 5) is 25.0. The van der Waals surface area contributed by atoms with E-state index in [0.29, 0.717) is 26.1 Å². The van der Waals surface area contributed by atoms with E-state index >= 15 is 0 Å². The minimum absolute atomic E-state index is 0.0853. The van der Waals surface area contributed by atoms with Crippen molar-refractivity contribution in [2.75, 3.05) is 26.2 Å². The fourth-order valence-electron chi connectivity index (χ4n) is 2.77. The number of carboxylic acid groups (broad SMARTS) is 1. The summed E-state index contributed by atoms with van der Waals surface area (Å²) in [6, 6.07) is 7.62. The lowest BCUT2D eigenvalue weighted by molar-refractivity contribution is -0.144. The van der Waals surface area contributed by atoms with E-state index in [1.54, 1.807) is 0 Å². The average molecular weight is 320 g/mol. The molecule has 1 aromatic rings. The number of hydrogen-bond donors (Lipinski definition) is 2. The Morgan fingerprint density at radius 2 is 2.26 bits per heavy atom. The van der Waals surface area contributed by atoms with Crippen LogP contribution in [0.3, 0.4) is 0 Å². The van der Waals surface area contributed by atoms with Crippen LogP contribution < -0.4 is 10.1 Å². The summed E-state index contributed by atoms with van der Waals surface area (Å²) in [7, 11) is 0. The molecule has 1 saturated heterocycles. The number of carboxylic acids is 1. The van der Waals surface area contributed by atoms with Crippen LogP contribution in [-0.2, 0) is 16.1 Å². The maximum atomic E-state index is 12.0. The van der Waals surface area contributed by atoms with E-state index in [9.17, 15) is 9.59 Å². The van der Waals surface area contributed by atoms with E-state index in [0.717, 1.165) is 24.3 Å². The highest BCUT2D eigenvalue weighted by Gasteiger charge is 2.26. The van der Waals surface area contributed by atoms with Crippen LogP contribution in [0, 0.1) is 5.92 Å². The van der Waals surface area contributed by atoms with Crippen molar-refractivity contribution < 1.29 is 19.4 Å². The van der Waals surface area contributed by atoms with Crippen molar-refractivity contribution in [1.29, 1.82) is 0 Å². The van der Waals surface area contributed by atoms with Gasteiger partial charge in [-0.05, 0) is 44.0 Å². The van der Waals surface area contributed by atoms with E-state index in [1.165, 1.54) is 0 Å². The number of benzene rings is 1. The minimum Gasteiger partial charge on any atom is -0.494 e. The summed E-state index contributed by atoms with van der Waals surface area (Å²) >= 11 is 0. The van der Waals surface area contributed by atoms with Gasteiger partial charge in [-0.2, -0.15) is 0 Å². The van der Waals surface area contributed by atoms with Gasteiger partial charge in [-0.25, -0.2) is 0 Å². The maximum absolute atomic E-state index is 12.0. The molecule has 1 heterocycles. The van der Waals surface area contributed by atoms with E-state index in [-0.39, 0.29) is 18.4 Å². The van der Waals surface area contributed by atoms with Crippen LogP contribution >= 0.6 is 0 Å². The van der Waals surface area contributed by atoms with Crippen molar-refractivity contribution in [3.8, 4) is 5.75 Å². The molecule has 0 saturated carbocycles. The molecule has 1 amide bonds. The van der Waals surface area contributed by atoms with Gasteiger partial charge in [-0.3, -0.25) is 14.5 Å². The first-order chi connectivity index (χ1) is 11.1. The second kappa shape index (κ2) is 8.53. The van der Waals surface area contributed by atoms with Gasteiger partial charge in [-0.15, -0.1) is 0 Å². The van der Waals surface area contributed by atoms with Gasteiger partial charge < -0.3 is 15.2 Å². The number of amides is 1. The number of aliphatic carboxylic acids is 1. The quantitative estimate of drug-likeness (QED) is 0.796. The minimum atomic E-state index is -0.775. The van der Waals surface area contributed by atoms with Crippen molar-refractivity contribution in [1.82, 2.24) is 10.2 Å². The zero-order valence-electron chi connectivity index (χ0n) is 13.5. The van der Waals surface area contributed by atoms with Crippen molar-refractivity contribution in [2.24, 2.45) is 5.92 Å². The molecule has 1 atom stereocenters. The summed E-state index contributed by atoms with van der Waals surface area (Å²) in [5.41, 5.74) is 0.978. The van der Waals surface area contributed by atoms with Crippen molar-refractivity contribution in [3.63, 3.8) is 0 Å². The third-order valence-corrected chi connectivity index (χ3v) is 3.92. The molecular formula is C17H24N2O4. The molecule has 0 bridgehead atoms. The molecule has 6 heteroatoms. The Bertz CT molecular complexity index is 547. The Balaban J connectivity index is 1.78. The van der Waals surface area contributed by atoms with E-state index < -0.39 is 5.97 Å². The highest BCUT2D eigenvalue weighted by Crippen LogP contribution is 2.16. The van der Waals surface area contributed by atoms with E-state index in [4.69, 9.17) is 9.84 Å². The first kappa shape index (κ1) is 17.3. The van der Waals surface area contributed by atoms with E-state index in [1.807, 2.05) is 36.1 Å². The van der Waals surface area contributed by atoms with Crippen LogP contribution in [0.2, 0.25) is 0 Å². The number of likely N-dealkylation sites (tertiary alicyclic amines) is 1. The molecule has 1 unspecified atom stereocenters. The number of piperidine rings is 1. The Morgan fingerprint density at radius 1 is 1.43 bits per heavy atom. The molecule has 6 nitrogen and oxygen atoms in total. The molecule has 0 aliphatic carbocycles. The lowest BCUT2D eigenvalue weighted by atomic mass is 9.98. The smallest absolute Gasteiger partial charge is 0.307 e. The van der Waals surface area contributed by atoms with Gasteiger partial charge in [0.25, 0.3) is 0 Å². The van der Waals surface area contributed by atoms with Crippen molar-refractivity contribution >= 4 is 11.9 Å². The molecule has 0 radical (unpaired) electrons. The van der Waals surface area contributed by atoms with Crippen LogP contribution in [0.25, 0.3) is 0 Å². The average Bonchev–Trinajstić information content (AvgIpc) is 2.54. The van der Waals surface area contributed by atoms with Crippen molar-refractivity contribution in [3.05, 3.63) is 29.8 Å². The third-order valence-electron chi connectivity index (χ3n) is 3.92. The molecular weight excluding hydrogens is 296 g/mol. The molecule has 2 N–H and O–H groups in total. The predicted molar refractivity (Wildman–Crippen MR) is 86.3 cm³/mol. The molecule has 1 aromatic carbocycles. The normalized spacial score (nSPS) is 18.4. The van der Waals surface area contributed by atoms with E-state index in [2.05, 4.69) is 5.32 Å². The molecule has 23 heavy (non-hydrogen) atoms. The van der Waals surface area contributed by atoms with Gasteiger partial charge in [0, 0.05) is 13.1 Å².